The van der Waals surface area contributed by atoms with E-state index in [9.17, 15) is 19.2 Å². The molecule has 1 N–H and O–H groups in total. The van der Waals surface area contributed by atoms with Crippen LogP contribution in [0.1, 0.15) is 109 Å². The Kier molecular flexibility index (Phi) is 10.1. The molecule has 7 heteroatoms. The van der Waals surface area contributed by atoms with Crippen molar-refractivity contribution in [2.75, 3.05) is 0 Å². The summed E-state index contributed by atoms with van der Waals surface area (Å²) in [5, 5.41) is 9.40. The second-order valence-corrected chi connectivity index (χ2v) is 11.0. The summed E-state index contributed by atoms with van der Waals surface area (Å²) >= 11 is 6.04. The van der Waals surface area contributed by atoms with E-state index < -0.39 is 17.7 Å². The normalized spacial score (nSPS) is 19.1. The molecule has 6 nitrogen and oxygen atoms in total. The molecule has 0 radical (unpaired) electrons. The number of esters is 1. The molecule has 0 amide bonds. The van der Waals surface area contributed by atoms with Crippen molar-refractivity contribution in [1.29, 1.82) is 0 Å². The van der Waals surface area contributed by atoms with Gasteiger partial charge in [-0.05, 0) is 68.1 Å². The van der Waals surface area contributed by atoms with Crippen molar-refractivity contribution < 1.29 is 29.0 Å². The average molecular weight is 551 g/mol. The minimum atomic E-state index is -0.778. The summed E-state index contributed by atoms with van der Waals surface area (Å²) in [6.45, 7) is 0. The zero-order valence-electron chi connectivity index (χ0n) is 22.1. The van der Waals surface area contributed by atoms with Gasteiger partial charge in [0.05, 0.1) is 5.57 Å². The number of ketones is 2. The van der Waals surface area contributed by atoms with Gasteiger partial charge >= 0.3 is 11.9 Å². The Morgan fingerprint density at radius 1 is 0.744 bits per heavy atom. The third-order valence-corrected chi connectivity index (χ3v) is 8.08. The fourth-order valence-corrected chi connectivity index (χ4v) is 5.84. The van der Waals surface area contributed by atoms with Crippen molar-refractivity contribution in [1.82, 2.24) is 0 Å². The molecule has 0 bridgehead atoms. The molecule has 206 valence electrons. The first-order chi connectivity index (χ1) is 18.8. The maximum Gasteiger partial charge on any atom is 0.311 e. The third kappa shape index (κ3) is 7.45. The lowest BCUT2D eigenvalue weighted by atomic mass is 9.72. The van der Waals surface area contributed by atoms with Crippen LogP contribution in [0.5, 0.6) is 0 Å². The van der Waals surface area contributed by atoms with Crippen LogP contribution < -0.4 is 0 Å². The Labute approximate surface area is 234 Å². The molecule has 1 saturated carbocycles. The summed E-state index contributed by atoms with van der Waals surface area (Å²) < 4.78 is 5.68. The van der Waals surface area contributed by atoms with Gasteiger partial charge in [0, 0.05) is 29.0 Å². The van der Waals surface area contributed by atoms with E-state index in [0.717, 1.165) is 51.4 Å². The number of fused-ring (bicyclic) bond motifs is 1. The maximum atomic E-state index is 13.6. The molecule has 2 aliphatic rings. The fourth-order valence-electron chi connectivity index (χ4n) is 5.71. The van der Waals surface area contributed by atoms with E-state index in [2.05, 4.69) is 0 Å². The van der Waals surface area contributed by atoms with Gasteiger partial charge in [0.15, 0.2) is 11.5 Å². The van der Waals surface area contributed by atoms with E-state index in [1.807, 2.05) is 24.3 Å². The molecular formula is C32H35ClO6. The topological polar surface area (TPSA) is 97.7 Å². The molecular weight excluding hydrogens is 516 g/mol. The summed E-state index contributed by atoms with van der Waals surface area (Å²) in [5.74, 6) is -1.77. The Balaban J connectivity index is 1.41. The fraction of sp³-hybridized carbons (Fsp3) is 0.438. The van der Waals surface area contributed by atoms with Gasteiger partial charge in [-0.2, -0.15) is 0 Å². The van der Waals surface area contributed by atoms with Crippen molar-refractivity contribution in [3.8, 4) is 0 Å². The first-order valence-corrected chi connectivity index (χ1v) is 14.3. The van der Waals surface area contributed by atoms with Crippen molar-refractivity contribution in [2.24, 2.45) is 5.92 Å². The summed E-state index contributed by atoms with van der Waals surface area (Å²) in [7, 11) is 0. The van der Waals surface area contributed by atoms with Gasteiger partial charge in [0.25, 0.3) is 0 Å². The van der Waals surface area contributed by atoms with E-state index in [0.29, 0.717) is 34.9 Å². The predicted octanol–water partition coefficient (Wildman–Crippen LogP) is 7.70. The lowest BCUT2D eigenvalue weighted by Crippen LogP contribution is -2.30. The molecule has 39 heavy (non-hydrogen) atoms. The van der Waals surface area contributed by atoms with Gasteiger partial charge in [-0.15, -0.1) is 0 Å². The van der Waals surface area contributed by atoms with Gasteiger partial charge in [-0.1, -0.05) is 73.7 Å². The minimum Gasteiger partial charge on any atom is -0.481 e. The Bertz CT molecular complexity index is 1240. The molecule has 0 heterocycles. The molecule has 0 atom stereocenters. The molecule has 0 aliphatic heterocycles. The third-order valence-electron chi connectivity index (χ3n) is 7.83. The van der Waals surface area contributed by atoms with Crippen LogP contribution >= 0.6 is 11.6 Å². The Morgan fingerprint density at radius 2 is 1.28 bits per heavy atom. The van der Waals surface area contributed by atoms with Gasteiger partial charge < -0.3 is 9.84 Å². The molecule has 1 fully saturated rings. The summed E-state index contributed by atoms with van der Waals surface area (Å²) in [6.07, 6.45) is 8.31. The zero-order chi connectivity index (χ0) is 27.8. The molecule has 0 unspecified atom stereocenters. The van der Waals surface area contributed by atoms with Gasteiger partial charge in [-0.3, -0.25) is 19.2 Å². The first kappa shape index (κ1) is 28.8. The highest BCUT2D eigenvalue weighted by molar-refractivity contribution is 6.30. The van der Waals surface area contributed by atoms with Crippen LogP contribution in [0, 0.1) is 5.92 Å². The molecule has 2 aromatic carbocycles. The highest BCUT2D eigenvalue weighted by atomic mass is 35.5. The molecule has 2 aromatic rings. The predicted molar refractivity (Wildman–Crippen MR) is 149 cm³/mol. The zero-order valence-corrected chi connectivity index (χ0v) is 22.9. The van der Waals surface area contributed by atoms with E-state index in [1.165, 1.54) is 5.56 Å². The van der Waals surface area contributed by atoms with Crippen LogP contribution in [-0.4, -0.2) is 28.6 Å². The quantitative estimate of drug-likeness (QED) is 0.215. The molecule has 0 spiro atoms. The summed E-state index contributed by atoms with van der Waals surface area (Å²) in [6, 6.07) is 14.6. The number of halogens is 1. The number of unbranched alkanes of at least 4 members (excludes halogenated alkanes) is 5. The molecule has 0 aromatic heterocycles. The highest BCUT2D eigenvalue weighted by Crippen LogP contribution is 2.42. The van der Waals surface area contributed by atoms with E-state index in [4.69, 9.17) is 21.4 Å². The number of hydrogen-bond acceptors (Lipinski definition) is 5. The Hall–Kier alpha value is -3.25. The second kappa shape index (κ2) is 13.7. The van der Waals surface area contributed by atoms with Crippen molar-refractivity contribution >= 4 is 35.1 Å². The van der Waals surface area contributed by atoms with Gasteiger partial charge in [0.2, 0.25) is 5.78 Å². The number of carbonyl (C=O) groups is 4. The monoisotopic (exact) mass is 550 g/mol. The van der Waals surface area contributed by atoms with Crippen LogP contribution in [0.2, 0.25) is 5.02 Å². The van der Waals surface area contributed by atoms with Crippen molar-refractivity contribution in [2.45, 2.75) is 83.0 Å². The van der Waals surface area contributed by atoms with Crippen LogP contribution in [0.3, 0.4) is 0 Å². The maximum absolute atomic E-state index is 13.6. The highest BCUT2D eigenvalue weighted by Gasteiger charge is 2.39. The lowest BCUT2D eigenvalue weighted by Gasteiger charge is -2.32. The SMILES string of the molecule is O=C(O)CCCCCCCCC(=O)OC1=C([C@H]2CC[C@H](c3ccc(Cl)cc3)CC2)C(=O)c2ccccc2C1=O. The second-order valence-electron chi connectivity index (χ2n) is 10.5. The first-order valence-electron chi connectivity index (χ1n) is 14.0. The molecule has 2 aliphatic carbocycles. The number of carboxylic acids is 1. The standard InChI is InChI=1S/C32H35ClO6/c33-24-19-17-22(18-20-24)21-13-15-23(16-14-21)29-30(37)25-9-7-8-10-26(25)31(38)32(29)39-28(36)12-6-4-2-1-3-5-11-27(34)35/h7-10,17-21,23H,1-6,11-16H2,(H,34,35)/t21-,23-. The largest absolute Gasteiger partial charge is 0.481 e. The van der Waals surface area contributed by atoms with Crippen LogP contribution in [-0.2, 0) is 14.3 Å². The van der Waals surface area contributed by atoms with Crippen LogP contribution in [0.25, 0.3) is 0 Å². The number of aliphatic carboxylic acids is 1. The van der Waals surface area contributed by atoms with Crippen LogP contribution in [0.4, 0.5) is 0 Å². The number of allylic oxidation sites excluding steroid dienone is 2. The number of hydrogen-bond donors (Lipinski definition) is 1. The number of carbonyl (C=O) groups excluding carboxylic acids is 3. The van der Waals surface area contributed by atoms with E-state index in [-0.39, 0.29) is 35.9 Å². The van der Waals surface area contributed by atoms with E-state index >= 15 is 0 Å². The molecule has 4 rings (SSSR count). The van der Waals surface area contributed by atoms with Crippen LogP contribution in [0.15, 0.2) is 59.9 Å². The Morgan fingerprint density at radius 3 is 1.90 bits per heavy atom. The summed E-state index contributed by atoms with van der Waals surface area (Å²) in [4.78, 5) is 50.4. The number of rotatable bonds is 12. The van der Waals surface area contributed by atoms with Gasteiger partial charge in [-0.25, -0.2) is 0 Å². The molecule has 0 saturated heterocycles. The van der Waals surface area contributed by atoms with Crippen molar-refractivity contribution in [3.63, 3.8) is 0 Å². The number of ether oxygens (including phenoxy) is 1. The van der Waals surface area contributed by atoms with Gasteiger partial charge in [0.1, 0.15) is 0 Å². The number of Topliss-reactive ketones (excluding diaryl/α,β-unsaturated/α-hetero) is 2. The minimum absolute atomic E-state index is 0.0905. The number of carboxylic acid groups (broad SMARTS) is 1. The average Bonchev–Trinajstić information content (AvgIpc) is 2.93. The van der Waals surface area contributed by atoms with Crippen molar-refractivity contribution in [3.05, 3.63) is 81.6 Å². The lowest BCUT2D eigenvalue weighted by molar-refractivity contribution is -0.139. The van der Waals surface area contributed by atoms with E-state index in [1.54, 1.807) is 24.3 Å². The number of benzene rings is 2. The summed E-state index contributed by atoms with van der Waals surface area (Å²) in [5.41, 5.74) is 2.22. The smallest absolute Gasteiger partial charge is 0.311 e.